The largest absolute Gasteiger partial charge is 0.336 e. The first-order valence-electron chi connectivity index (χ1n) is 10.5. The highest BCUT2D eigenvalue weighted by molar-refractivity contribution is 8.00. The van der Waals surface area contributed by atoms with E-state index in [-0.39, 0.29) is 29.1 Å². The third-order valence-electron chi connectivity index (χ3n) is 5.46. The molecule has 1 fully saturated rings. The first-order chi connectivity index (χ1) is 13.8. The number of benzene rings is 1. The monoisotopic (exact) mass is 418 g/mol. The zero-order valence-corrected chi connectivity index (χ0v) is 18.7. The average molecular weight is 419 g/mol. The minimum Gasteiger partial charge on any atom is -0.336 e. The van der Waals surface area contributed by atoms with Crippen molar-refractivity contribution in [3.05, 3.63) is 30.1 Å². The second kappa shape index (κ2) is 9.28. The third-order valence-corrected chi connectivity index (χ3v) is 6.53. The summed E-state index contributed by atoms with van der Waals surface area (Å²) in [5, 5.41) is 9.00. The van der Waals surface area contributed by atoms with Gasteiger partial charge in [0.1, 0.15) is 5.82 Å². The molecule has 0 spiro atoms. The van der Waals surface area contributed by atoms with Gasteiger partial charge in [0.15, 0.2) is 11.0 Å². The molecule has 0 radical (unpaired) electrons. The van der Waals surface area contributed by atoms with E-state index in [1.54, 1.807) is 18.2 Å². The first kappa shape index (κ1) is 21.8. The van der Waals surface area contributed by atoms with E-state index in [0.29, 0.717) is 29.0 Å². The van der Waals surface area contributed by atoms with Crippen LogP contribution in [0.1, 0.15) is 53.9 Å². The topological polar surface area (TPSA) is 51.0 Å². The average Bonchev–Trinajstić information content (AvgIpc) is 3.03. The predicted molar refractivity (Wildman–Crippen MR) is 115 cm³/mol. The van der Waals surface area contributed by atoms with E-state index in [2.05, 4.69) is 37.9 Å². The number of carbonyl (C=O) groups is 1. The quantitative estimate of drug-likeness (QED) is 0.619. The van der Waals surface area contributed by atoms with Crippen LogP contribution in [0.4, 0.5) is 4.39 Å². The summed E-state index contributed by atoms with van der Waals surface area (Å²) in [4.78, 5) is 15.2. The van der Waals surface area contributed by atoms with E-state index in [9.17, 15) is 9.18 Å². The molecule has 29 heavy (non-hydrogen) atoms. The van der Waals surface area contributed by atoms with Gasteiger partial charge in [0.2, 0.25) is 5.91 Å². The van der Waals surface area contributed by atoms with Crippen molar-refractivity contribution >= 4 is 17.7 Å². The van der Waals surface area contributed by atoms with Crippen molar-refractivity contribution < 1.29 is 9.18 Å². The summed E-state index contributed by atoms with van der Waals surface area (Å²) in [6.07, 6.45) is 3.27. The first-order valence-corrected chi connectivity index (χ1v) is 11.3. The van der Waals surface area contributed by atoms with Crippen LogP contribution in [0.25, 0.3) is 11.4 Å². The van der Waals surface area contributed by atoms with E-state index in [1.807, 2.05) is 16.4 Å². The molecule has 1 saturated heterocycles. The number of aromatic nitrogens is 3. The maximum absolute atomic E-state index is 14.4. The van der Waals surface area contributed by atoms with Crippen LogP contribution in [-0.4, -0.2) is 42.9 Å². The fraction of sp³-hybridized carbons (Fsp3) is 0.591. The minimum atomic E-state index is -0.318. The lowest BCUT2D eigenvalue weighted by Crippen LogP contribution is -2.50. The van der Waals surface area contributed by atoms with Crippen LogP contribution in [0.15, 0.2) is 29.4 Å². The number of hydrogen-bond acceptors (Lipinski definition) is 4. The van der Waals surface area contributed by atoms with E-state index in [0.717, 1.165) is 12.8 Å². The number of piperidine rings is 1. The van der Waals surface area contributed by atoms with Crippen LogP contribution in [-0.2, 0) is 11.3 Å². The summed E-state index contributed by atoms with van der Waals surface area (Å²) in [7, 11) is 0. The number of likely N-dealkylation sites (tertiary alicyclic amines) is 1. The number of halogens is 1. The van der Waals surface area contributed by atoms with Crippen LogP contribution in [0.2, 0.25) is 0 Å². The molecule has 2 aromatic rings. The molecule has 1 aromatic carbocycles. The smallest absolute Gasteiger partial charge is 0.236 e. The summed E-state index contributed by atoms with van der Waals surface area (Å²) in [5.74, 6) is 0.672. The Morgan fingerprint density at radius 2 is 1.83 bits per heavy atom. The van der Waals surface area contributed by atoms with Crippen LogP contribution in [0.3, 0.4) is 0 Å². The molecule has 0 aliphatic carbocycles. The third kappa shape index (κ3) is 4.82. The van der Waals surface area contributed by atoms with Crippen LogP contribution < -0.4 is 0 Å². The molecule has 7 heteroatoms. The molecule has 1 aromatic heterocycles. The highest BCUT2D eigenvalue weighted by atomic mass is 32.2. The Bertz CT molecular complexity index is 843. The van der Waals surface area contributed by atoms with Gasteiger partial charge in [-0.3, -0.25) is 4.79 Å². The molecule has 1 aliphatic rings. The van der Waals surface area contributed by atoms with Gasteiger partial charge in [-0.25, -0.2) is 4.39 Å². The van der Waals surface area contributed by atoms with Crippen molar-refractivity contribution in [3.63, 3.8) is 0 Å². The lowest BCUT2D eigenvalue weighted by Gasteiger charge is -2.40. The van der Waals surface area contributed by atoms with Crippen molar-refractivity contribution in [1.82, 2.24) is 19.7 Å². The van der Waals surface area contributed by atoms with E-state index < -0.39 is 0 Å². The van der Waals surface area contributed by atoms with Crippen LogP contribution in [0.5, 0.6) is 0 Å². The summed E-state index contributed by atoms with van der Waals surface area (Å²) in [6, 6.07) is 7.14. The van der Waals surface area contributed by atoms with Crippen molar-refractivity contribution in [1.29, 1.82) is 0 Å². The number of carbonyl (C=O) groups excluding carboxylic acids is 1. The minimum absolute atomic E-state index is 0.140. The fourth-order valence-electron chi connectivity index (χ4n) is 4.02. The van der Waals surface area contributed by atoms with Crippen molar-refractivity contribution in [3.8, 4) is 11.4 Å². The van der Waals surface area contributed by atoms with Crippen LogP contribution >= 0.6 is 11.8 Å². The van der Waals surface area contributed by atoms with Crippen molar-refractivity contribution in [2.24, 2.45) is 5.92 Å². The SMILES string of the molecule is CC(C)Cn1c(S[C@H](C)C(=O)N2[C@H](C)CCC[C@H]2C)nnc1-c1ccccc1F. The van der Waals surface area contributed by atoms with E-state index >= 15 is 0 Å². The van der Waals surface area contributed by atoms with Gasteiger partial charge in [-0.05, 0) is 58.1 Å². The summed E-state index contributed by atoms with van der Waals surface area (Å²) >= 11 is 1.42. The number of thioether (sulfide) groups is 1. The Kier molecular flexibility index (Phi) is 6.98. The van der Waals surface area contributed by atoms with Gasteiger partial charge in [-0.15, -0.1) is 10.2 Å². The standard InChI is InChI=1S/C22H31FN4OS/c1-14(2)13-26-20(18-11-6-7-12-19(18)23)24-25-22(26)29-17(5)21(28)27-15(3)9-8-10-16(27)4/h6-7,11-12,14-17H,8-10,13H2,1-5H3/t15-,16-,17-/m1/s1. The summed E-state index contributed by atoms with van der Waals surface area (Å²) in [6.45, 7) is 11.1. The Labute approximate surface area is 177 Å². The Morgan fingerprint density at radius 3 is 2.45 bits per heavy atom. The van der Waals surface area contributed by atoms with Gasteiger partial charge in [0, 0.05) is 18.6 Å². The Hall–Kier alpha value is -1.89. The normalized spacial score (nSPS) is 20.9. The molecule has 1 amide bonds. The number of rotatable bonds is 6. The molecule has 0 N–H and O–H groups in total. The van der Waals surface area contributed by atoms with E-state index in [4.69, 9.17) is 0 Å². The molecule has 5 nitrogen and oxygen atoms in total. The highest BCUT2D eigenvalue weighted by Crippen LogP contribution is 2.31. The number of hydrogen-bond donors (Lipinski definition) is 0. The lowest BCUT2D eigenvalue weighted by atomic mass is 9.97. The molecule has 0 saturated carbocycles. The van der Waals surface area contributed by atoms with Crippen molar-refractivity contribution in [2.45, 2.75) is 82.9 Å². The van der Waals surface area contributed by atoms with Gasteiger partial charge in [-0.2, -0.15) is 0 Å². The molecule has 1 aliphatic heterocycles. The lowest BCUT2D eigenvalue weighted by molar-refractivity contribution is -0.136. The molecular formula is C22H31FN4OS. The van der Waals surface area contributed by atoms with Crippen LogP contribution in [0, 0.1) is 11.7 Å². The van der Waals surface area contributed by atoms with Gasteiger partial charge in [0.25, 0.3) is 0 Å². The highest BCUT2D eigenvalue weighted by Gasteiger charge is 2.33. The molecule has 3 rings (SSSR count). The number of amides is 1. The molecular weight excluding hydrogens is 387 g/mol. The van der Waals surface area contributed by atoms with Gasteiger partial charge in [0.05, 0.1) is 10.8 Å². The molecule has 3 atom stereocenters. The molecule has 2 heterocycles. The fourth-order valence-corrected chi connectivity index (χ4v) is 4.94. The predicted octanol–water partition coefficient (Wildman–Crippen LogP) is 5.01. The number of nitrogens with zero attached hydrogens (tertiary/aromatic N) is 4. The second-order valence-electron chi connectivity index (χ2n) is 8.43. The summed E-state index contributed by atoms with van der Waals surface area (Å²) in [5.41, 5.74) is 0.435. The van der Waals surface area contributed by atoms with Gasteiger partial charge in [-0.1, -0.05) is 37.7 Å². The van der Waals surface area contributed by atoms with Gasteiger partial charge < -0.3 is 9.47 Å². The van der Waals surface area contributed by atoms with Gasteiger partial charge >= 0.3 is 0 Å². The Balaban J connectivity index is 1.86. The zero-order chi connectivity index (χ0) is 21.1. The zero-order valence-electron chi connectivity index (χ0n) is 17.9. The maximum Gasteiger partial charge on any atom is 0.236 e. The van der Waals surface area contributed by atoms with E-state index in [1.165, 1.54) is 24.2 Å². The van der Waals surface area contributed by atoms with Crippen molar-refractivity contribution in [2.75, 3.05) is 0 Å². The molecule has 0 unspecified atom stereocenters. The maximum atomic E-state index is 14.4. The molecule has 0 bridgehead atoms. The molecule has 158 valence electrons. The summed E-state index contributed by atoms with van der Waals surface area (Å²) < 4.78 is 16.3. The second-order valence-corrected chi connectivity index (χ2v) is 9.73. The Morgan fingerprint density at radius 1 is 1.17 bits per heavy atom.